The van der Waals surface area contributed by atoms with Gasteiger partial charge in [0.2, 0.25) is 0 Å². The molecule has 90 valence electrons. The summed E-state index contributed by atoms with van der Waals surface area (Å²) in [5, 5.41) is 4.24. The Kier molecular flexibility index (Phi) is 3.77. The number of ether oxygens (including phenoxy) is 1. The van der Waals surface area contributed by atoms with Gasteiger partial charge in [-0.2, -0.15) is 5.10 Å². The first-order valence-electron chi connectivity index (χ1n) is 5.65. The topological polar surface area (TPSA) is 53.1 Å². The van der Waals surface area contributed by atoms with Crippen molar-refractivity contribution >= 4 is 5.69 Å². The van der Waals surface area contributed by atoms with Crippen molar-refractivity contribution in [3.8, 4) is 0 Å². The van der Waals surface area contributed by atoms with Gasteiger partial charge in [-0.15, -0.1) is 0 Å². The summed E-state index contributed by atoms with van der Waals surface area (Å²) in [7, 11) is 1.90. The van der Waals surface area contributed by atoms with Crippen LogP contribution in [0.2, 0.25) is 0 Å². The van der Waals surface area contributed by atoms with Gasteiger partial charge in [0.1, 0.15) is 0 Å². The maximum Gasteiger partial charge on any atom is 0.0906 e. The van der Waals surface area contributed by atoms with Crippen molar-refractivity contribution in [1.82, 2.24) is 9.78 Å². The number of nitrogens with zero attached hydrogens (tertiary/aromatic N) is 2. The maximum atomic E-state index is 5.85. The van der Waals surface area contributed by atoms with Gasteiger partial charge in [0.05, 0.1) is 18.9 Å². The van der Waals surface area contributed by atoms with Gasteiger partial charge >= 0.3 is 0 Å². The Labute approximate surface area is 101 Å². The third kappa shape index (κ3) is 3.32. The molecule has 0 radical (unpaired) electrons. The standard InChI is InChI=1S/C13H17N3O/c1-16-8-6-12(15-16)10-17-9-7-11-4-2-3-5-13(11)14/h2-6,8H,7,9-10,14H2,1H3. The number of hydrogen-bond donors (Lipinski definition) is 1. The van der Waals surface area contributed by atoms with Gasteiger partial charge in [0, 0.05) is 18.9 Å². The first kappa shape index (κ1) is 11.7. The number of aryl methyl sites for hydroxylation is 1. The Morgan fingerprint density at radius 3 is 2.82 bits per heavy atom. The van der Waals surface area contributed by atoms with E-state index < -0.39 is 0 Å². The lowest BCUT2D eigenvalue weighted by Gasteiger charge is -2.05. The van der Waals surface area contributed by atoms with Gasteiger partial charge in [-0.05, 0) is 24.1 Å². The van der Waals surface area contributed by atoms with Gasteiger partial charge < -0.3 is 10.5 Å². The lowest BCUT2D eigenvalue weighted by molar-refractivity contribution is 0.121. The van der Waals surface area contributed by atoms with E-state index in [4.69, 9.17) is 10.5 Å². The molecule has 1 heterocycles. The van der Waals surface area contributed by atoms with E-state index in [0.717, 1.165) is 23.4 Å². The number of nitrogens with two attached hydrogens (primary N) is 1. The zero-order valence-corrected chi connectivity index (χ0v) is 9.97. The summed E-state index contributed by atoms with van der Waals surface area (Å²) in [4.78, 5) is 0. The van der Waals surface area contributed by atoms with Gasteiger partial charge in [-0.1, -0.05) is 18.2 Å². The average molecular weight is 231 g/mol. The number of benzene rings is 1. The van der Waals surface area contributed by atoms with Crippen LogP contribution in [0.4, 0.5) is 5.69 Å². The molecular formula is C13H17N3O. The van der Waals surface area contributed by atoms with Crippen molar-refractivity contribution < 1.29 is 4.74 Å². The Bertz CT molecular complexity index is 479. The number of nitrogen functional groups attached to an aromatic ring is 1. The lowest BCUT2D eigenvalue weighted by atomic mass is 10.1. The van der Waals surface area contributed by atoms with Gasteiger partial charge in [0.25, 0.3) is 0 Å². The van der Waals surface area contributed by atoms with Crippen LogP contribution >= 0.6 is 0 Å². The van der Waals surface area contributed by atoms with Crippen molar-refractivity contribution in [1.29, 1.82) is 0 Å². The molecule has 0 aliphatic heterocycles. The van der Waals surface area contributed by atoms with Crippen molar-refractivity contribution in [2.45, 2.75) is 13.0 Å². The van der Waals surface area contributed by atoms with E-state index >= 15 is 0 Å². The fourth-order valence-corrected chi connectivity index (χ4v) is 1.66. The second kappa shape index (κ2) is 5.50. The molecule has 0 atom stereocenters. The Hall–Kier alpha value is -1.81. The third-order valence-electron chi connectivity index (χ3n) is 2.59. The molecule has 1 aromatic carbocycles. The monoisotopic (exact) mass is 231 g/mol. The highest BCUT2D eigenvalue weighted by Gasteiger charge is 1.99. The number of hydrogen-bond acceptors (Lipinski definition) is 3. The van der Waals surface area contributed by atoms with Crippen LogP contribution in [0.1, 0.15) is 11.3 Å². The first-order valence-corrected chi connectivity index (χ1v) is 5.65. The van der Waals surface area contributed by atoms with Gasteiger partial charge in [-0.25, -0.2) is 0 Å². The molecule has 2 rings (SSSR count). The average Bonchev–Trinajstić information content (AvgIpc) is 2.73. The van der Waals surface area contributed by atoms with Crippen LogP contribution < -0.4 is 5.73 Å². The molecule has 0 amide bonds. The Balaban J connectivity index is 1.75. The van der Waals surface area contributed by atoms with Crippen molar-refractivity contribution in [2.24, 2.45) is 7.05 Å². The largest absolute Gasteiger partial charge is 0.399 e. The van der Waals surface area contributed by atoms with E-state index in [0.29, 0.717) is 13.2 Å². The highest BCUT2D eigenvalue weighted by atomic mass is 16.5. The molecule has 4 heteroatoms. The minimum absolute atomic E-state index is 0.549. The van der Waals surface area contributed by atoms with Crippen molar-refractivity contribution in [3.05, 3.63) is 47.8 Å². The van der Waals surface area contributed by atoms with Crippen LogP contribution in [0.15, 0.2) is 36.5 Å². The molecule has 0 saturated carbocycles. The molecule has 0 aliphatic carbocycles. The molecule has 2 aromatic rings. The van der Waals surface area contributed by atoms with Crippen molar-refractivity contribution in [3.63, 3.8) is 0 Å². The fraction of sp³-hybridized carbons (Fsp3) is 0.308. The highest BCUT2D eigenvalue weighted by Crippen LogP contribution is 2.11. The number of anilines is 1. The molecular weight excluding hydrogens is 214 g/mol. The van der Waals surface area contributed by atoms with Gasteiger partial charge in [-0.3, -0.25) is 4.68 Å². The second-order valence-corrected chi connectivity index (χ2v) is 3.98. The Morgan fingerprint density at radius 2 is 2.12 bits per heavy atom. The van der Waals surface area contributed by atoms with Crippen LogP contribution in [-0.2, 0) is 24.8 Å². The van der Waals surface area contributed by atoms with E-state index in [9.17, 15) is 0 Å². The summed E-state index contributed by atoms with van der Waals surface area (Å²) in [6.07, 6.45) is 2.74. The van der Waals surface area contributed by atoms with E-state index in [2.05, 4.69) is 5.10 Å². The fourth-order valence-electron chi connectivity index (χ4n) is 1.66. The zero-order valence-electron chi connectivity index (χ0n) is 9.97. The molecule has 0 aliphatic rings. The molecule has 4 nitrogen and oxygen atoms in total. The minimum Gasteiger partial charge on any atom is -0.399 e. The van der Waals surface area contributed by atoms with Crippen LogP contribution in [0.25, 0.3) is 0 Å². The minimum atomic E-state index is 0.549. The predicted octanol–water partition coefficient (Wildman–Crippen LogP) is 1.76. The van der Waals surface area contributed by atoms with E-state index in [1.165, 1.54) is 0 Å². The first-order chi connectivity index (χ1) is 8.25. The maximum absolute atomic E-state index is 5.85. The summed E-state index contributed by atoms with van der Waals surface area (Å²) in [5.41, 5.74) is 8.76. The predicted molar refractivity (Wildman–Crippen MR) is 67.4 cm³/mol. The smallest absolute Gasteiger partial charge is 0.0906 e. The number of para-hydroxylation sites is 1. The van der Waals surface area contributed by atoms with Crippen LogP contribution in [0, 0.1) is 0 Å². The van der Waals surface area contributed by atoms with Crippen molar-refractivity contribution in [2.75, 3.05) is 12.3 Å². The normalized spacial score (nSPS) is 10.6. The molecule has 2 N–H and O–H groups in total. The molecule has 0 unspecified atom stereocenters. The molecule has 0 spiro atoms. The third-order valence-corrected chi connectivity index (χ3v) is 2.59. The lowest BCUT2D eigenvalue weighted by Crippen LogP contribution is -2.02. The molecule has 0 saturated heterocycles. The highest BCUT2D eigenvalue weighted by molar-refractivity contribution is 5.46. The quantitative estimate of drug-likeness (QED) is 0.630. The summed E-state index contributed by atoms with van der Waals surface area (Å²) in [5.74, 6) is 0. The summed E-state index contributed by atoms with van der Waals surface area (Å²) >= 11 is 0. The second-order valence-electron chi connectivity index (χ2n) is 3.98. The number of aromatic nitrogens is 2. The summed E-state index contributed by atoms with van der Waals surface area (Å²) in [6.45, 7) is 1.21. The van der Waals surface area contributed by atoms with Crippen LogP contribution in [0.5, 0.6) is 0 Å². The SMILES string of the molecule is Cn1ccc(COCCc2ccccc2N)n1. The van der Waals surface area contributed by atoms with E-state index in [-0.39, 0.29) is 0 Å². The van der Waals surface area contributed by atoms with E-state index in [1.807, 2.05) is 43.6 Å². The number of rotatable bonds is 5. The van der Waals surface area contributed by atoms with E-state index in [1.54, 1.807) is 4.68 Å². The summed E-state index contributed by atoms with van der Waals surface area (Å²) in [6, 6.07) is 9.82. The zero-order chi connectivity index (χ0) is 12.1. The van der Waals surface area contributed by atoms with Crippen LogP contribution in [0.3, 0.4) is 0 Å². The molecule has 0 bridgehead atoms. The molecule has 1 aromatic heterocycles. The Morgan fingerprint density at radius 1 is 1.29 bits per heavy atom. The molecule has 17 heavy (non-hydrogen) atoms. The van der Waals surface area contributed by atoms with Gasteiger partial charge in [0.15, 0.2) is 0 Å². The molecule has 0 fully saturated rings. The van der Waals surface area contributed by atoms with Crippen LogP contribution in [-0.4, -0.2) is 16.4 Å². The summed E-state index contributed by atoms with van der Waals surface area (Å²) < 4.78 is 7.33.